The molecule has 1 aliphatic heterocycles. The molecule has 2 N–H and O–H groups in total. The van der Waals surface area contributed by atoms with Crippen molar-refractivity contribution in [3.63, 3.8) is 0 Å². The van der Waals surface area contributed by atoms with Gasteiger partial charge in [-0.05, 0) is 18.6 Å². The third-order valence-corrected chi connectivity index (χ3v) is 2.61. The molecule has 1 fully saturated rings. The Morgan fingerprint density at radius 1 is 1.69 bits per heavy atom. The van der Waals surface area contributed by atoms with Gasteiger partial charge in [0.05, 0.1) is 13.2 Å². The lowest BCUT2D eigenvalue weighted by atomic mass is 10.1. The topological polar surface area (TPSA) is 78.9 Å². The van der Waals surface area contributed by atoms with E-state index in [4.69, 9.17) is 22.1 Å². The lowest BCUT2D eigenvalue weighted by Crippen LogP contribution is -2.34. The van der Waals surface area contributed by atoms with Crippen LogP contribution < -0.4 is 5.32 Å². The molecule has 0 aromatic heterocycles. The largest absolute Gasteiger partial charge is 0.481 e. The number of amides is 1. The first-order valence-electron chi connectivity index (χ1n) is 4.89. The lowest BCUT2D eigenvalue weighted by Gasteiger charge is -2.13. The molecule has 1 atom stereocenters. The number of ether oxygens (including phenoxy) is 1. The van der Waals surface area contributed by atoms with E-state index >= 15 is 0 Å². The summed E-state index contributed by atoms with van der Waals surface area (Å²) >= 11 is 4.98. The molecule has 0 saturated carbocycles. The first-order valence-corrected chi connectivity index (χ1v) is 5.29. The van der Waals surface area contributed by atoms with Gasteiger partial charge in [0.15, 0.2) is 5.11 Å². The van der Waals surface area contributed by atoms with E-state index in [1.54, 1.807) is 7.11 Å². The van der Waals surface area contributed by atoms with Gasteiger partial charge in [-0.2, -0.15) is 0 Å². The minimum absolute atomic E-state index is 0.0515. The summed E-state index contributed by atoms with van der Waals surface area (Å²) in [5, 5.41) is 11.7. The molecule has 0 bridgehead atoms. The van der Waals surface area contributed by atoms with Crippen molar-refractivity contribution in [1.82, 2.24) is 10.2 Å². The first-order chi connectivity index (χ1) is 7.56. The highest BCUT2D eigenvalue weighted by atomic mass is 32.1. The molecule has 0 aliphatic carbocycles. The van der Waals surface area contributed by atoms with Gasteiger partial charge >= 0.3 is 5.97 Å². The Labute approximate surface area is 98.6 Å². The Hall–Kier alpha value is -1.21. The zero-order valence-electron chi connectivity index (χ0n) is 8.93. The van der Waals surface area contributed by atoms with E-state index in [0.717, 1.165) is 0 Å². The fraction of sp³-hybridized carbons (Fsp3) is 0.667. The normalized spacial score (nSPS) is 20.1. The van der Waals surface area contributed by atoms with Crippen LogP contribution in [0.25, 0.3) is 0 Å². The number of rotatable bonds is 6. The highest BCUT2D eigenvalue weighted by molar-refractivity contribution is 7.80. The zero-order chi connectivity index (χ0) is 12.1. The maximum atomic E-state index is 11.8. The van der Waals surface area contributed by atoms with E-state index in [9.17, 15) is 9.59 Å². The van der Waals surface area contributed by atoms with Crippen molar-refractivity contribution < 1.29 is 19.4 Å². The second-order valence-electron chi connectivity index (χ2n) is 3.42. The molecular weight excluding hydrogens is 232 g/mol. The molecule has 1 rings (SSSR count). The number of carboxylic acid groups (broad SMARTS) is 1. The molecule has 0 aromatic carbocycles. The van der Waals surface area contributed by atoms with Gasteiger partial charge < -0.3 is 15.2 Å². The van der Waals surface area contributed by atoms with Crippen LogP contribution in [0.15, 0.2) is 0 Å². The van der Waals surface area contributed by atoms with E-state index in [2.05, 4.69) is 5.32 Å². The molecule has 90 valence electrons. The summed E-state index contributed by atoms with van der Waals surface area (Å²) in [6, 6.07) is -0.513. The van der Waals surface area contributed by atoms with Crippen molar-refractivity contribution >= 4 is 29.2 Å². The van der Waals surface area contributed by atoms with E-state index < -0.39 is 12.0 Å². The Kier molecular flexibility index (Phi) is 4.63. The smallest absolute Gasteiger partial charge is 0.303 e. The third-order valence-electron chi connectivity index (χ3n) is 2.27. The van der Waals surface area contributed by atoms with Crippen LogP contribution in [0.3, 0.4) is 0 Å². The van der Waals surface area contributed by atoms with Crippen LogP contribution in [-0.2, 0) is 14.3 Å². The van der Waals surface area contributed by atoms with Crippen LogP contribution in [0.2, 0.25) is 0 Å². The number of carbonyl (C=O) groups is 2. The number of nitrogens with zero attached hydrogens (tertiary/aromatic N) is 1. The number of hydrogen-bond donors (Lipinski definition) is 2. The average Bonchev–Trinajstić information content (AvgIpc) is 2.49. The maximum Gasteiger partial charge on any atom is 0.303 e. The van der Waals surface area contributed by atoms with E-state index in [1.165, 1.54) is 4.90 Å². The van der Waals surface area contributed by atoms with Crippen LogP contribution >= 0.6 is 12.2 Å². The van der Waals surface area contributed by atoms with Crippen LogP contribution in [-0.4, -0.2) is 53.3 Å². The van der Waals surface area contributed by atoms with Crippen molar-refractivity contribution in [3.8, 4) is 0 Å². The van der Waals surface area contributed by atoms with Gasteiger partial charge in [0.1, 0.15) is 6.04 Å². The molecule has 1 heterocycles. The van der Waals surface area contributed by atoms with E-state index in [1.807, 2.05) is 0 Å². The first kappa shape index (κ1) is 12.9. The predicted molar refractivity (Wildman–Crippen MR) is 60.0 cm³/mol. The standard InChI is InChI=1S/C9H14N2O4S/c1-15-5-4-11-8(14)6(10-9(11)16)2-3-7(12)13/h6H,2-5H2,1H3,(H,10,16)(H,12,13). The summed E-state index contributed by atoms with van der Waals surface area (Å²) in [6.07, 6.45) is 0.196. The molecule has 16 heavy (non-hydrogen) atoms. The molecule has 1 saturated heterocycles. The number of methoxy groups -OCH3 is 1. The van der Waals surface area contributed by atoms with Gasteiger partial charge in [0, 0.05) is 13.5 Å². The highest BCUT2D eigenvalue weighted by Crippen LogP contribution is 2.11. The SMILES string of the molecule is COCCN1C(=O)C(CCC(=O)O)NC1=S. The van der Waals surface area contributed by atoms with Crippen LogP contribution in [0.1, 0.15) is 12.8 Å². The molecular formula is C9H14N2O4S. The molecule has 1 amide bonds. The van der Waals surface area contributed by atoms with Crippen molar-refractivity contribution in [2.75, 3.05) is 20.3 Å². The predicted octanol–water partition coefficient (Wildman–Crippen LogP) is -0.417. The van der Waals surface area contributed by atoms with Crippen LogP contribution in [0.5, 0.6) is 0 Å². The number of carboxylic acids is 1. The number of aliphatic carboxylic acids is 1. The summed E-state index contributed by atoms with van der Waals surface area (Å²) in [5.74, 6) is -1.10. The fourth-order valence-electron chi connectivity index (χ4n) is 1.43. The second kappa shape index (κ2) is 5.76. The maximum absolute atomic E-state index is 11.8. The van der Waals surface area contributed by atoms with E-state index in [0.29, 0.717) is 18.3 Å². The Morgan fingerprint density at radius 2 is 2.38 bits per heavy atom. The summed E-state index contributed by atoms with van der Waals surface area (Å²) in [4.78, 5) is 23.6. The summed E-state index contributed by atoms with van der Waals surface area (Å²) in [7, 11) is 1.54. The van der Waals surface area contributed by atoms with Gasteiger partial charge in [0.2, 0.25) is 0 Å². The van der Waals surface area contributed by atoms with E-state index in [-0.39, 0.29) is 18.7 Å². The van der Waals surface area contributed by atoms with Gasteiger partial charge in [-0.15, -0.1) is 0 Å². The molecule has 0 aromatic rings. The number of hydrogen-bond acceptors (Lipinski definition) is 4. The van der Waals surface area contributed by atoms with Gasteiger partial charge in [-0.1, -0.05) is 0 Å². The minimum atomic E-state index is -0.921. The lowest BCUT2D eigenvalue weighted by molar-refractivity contribution is -0.137. The Bertz CT molecular complexity index is 308. The molecule has 6 nitrogen and oxygen atoms in total. The zero-order valence-corrected chi connectivity index (χ0v) is 9.75. The second-order valence-corrected chi connectivity index (χ2v) is 3.80. The van der Waals surface area contributed by atoms with Gasteiger partial charge in [0.25, 0.3) is 5.91 Å². The van der Waals surface area contributed by atoms with Crippen molar-refractivity contribution in [2.45, 2.75) is 18.9 Å². The minimum Gasteiger partial charge on any atom is -0.481 e. The quantitative estimate of drug-likeness (QED) is 0.620. The number of nitrogens with one attached hydrogen (secondary N) is 1. The molecule has 1 unspecified atom stereocenters. The molecule has 7 heteroatoms. The average molecular weight is 246 g/mol. The molecule has 0 spiro atoms. The molecule has 0 radical (unpaired) electrons. The summed E-state index contributed by atoms with van der Waals surface area (Å²) in [6.45, 7) is 0.796. The molecule has 1 aliphatic rings. The third kappa shape index (κ3) is 3.14. The van der Waals surface area contributed by atoms with Gasteiger partial charge in [-0.25, -0.2) is 0 Å². The number of thiocarbonyl (C=S) groups is 1. The van der Waals surface area contributed by atoms with Gasteiger partial charge in [-0.3, -0.25) is 14.5 Å². The monoisotopic (exact) mass is 246 g/mol. The highest BCUT2D eigenvalue weighted by Gasteiger charge is 2.34. The summed E-state index contributed by atoms with van der Waals surface area (Å²) in [5.41, 5.74) is 0. The van der Waals surface area contributed by atoms with Crippen LogP contribution in [0, 0.1) is 0 Å². The Morgan fingerprint density at radius 3 is 2.94 bits per heavy atom. The van der Waals surface area contributed by atoms with Crippen molar-refractivity contribution in [2.24, 2.45) is 0 Å². The fourth-order valence-corrected chi connectivity index (χ4v) is 1.76. The summed E-state index contributed by atoms with van der Waals surface area (Å²) < 4.78 is 4.86. The number of carbonyl (C=O) groups excluding carboxylic acids is 1. The van der Waals surface area contributed by atoms with Crippen molar-refractivity contribution in [1.29, 1.82) is 0 Å². The van der Waals surface area contributed by atoms with Crippen molar-refractivity contribution in [3.05, 3.63) is 0 Å². The van der Waals surface area contributed by atoms with Crippen LogP contribution in [0.4, 0.5) is 0 Å². The Balaban J connectivity index is 2.49.